The predicted molar refractivity (Wildman–Crippen MR) is 111 cm³/mol. The van der Waals surface area contributed by atoms with Crippen molar-refractivity contribution in [3.8, 4) is 16.3 Å². The molecule has 152 valence electrons. The first kappa shape index (κ1) is 20.1. The lowest BCUT2D eigenvalue weighted by molar-refractivity contribution is -0.137. The second-order valence-corrected chi connectivity index (χ2v) is 7.79. The monoisotopic (exact) mass is 427 g/mol. The Kier molecular flexibility index (Phi) is 5.30. The van der Waals surface area contributed by atoms with Crippen LogP contribution >= 0.6 is 11.3 Å². The third-order valence-corrected chi connectivity index (χ3v) is 5.94. The molecule has 0 atom stereocenters. The van der Waals surface area contributed by atoms with E-state index in [1.807, 2.05) is 31.2 Å². The molecule has 0 aliphatic heterocycles. The maximum Gasteiger partial charge on any atom is 0.416 e. The van der Waals surface area contributed by atoms with E-state index in [2.05, 4.69) is 4.98 Å². The van der Waals surface area contributed by atoms with Gasteiger partial charge in [-0.1, -0.05) is 36.4 Å². The summed E-state index contributed by atoms with van der Waals surface area (Å²) in [5.74, 6) is 0.653. The molecule has 0 bridgehead atoms. The zero-order valence-corrected chi connectivity index (χ0v) is 16.7. The highest BCUT2D eigenvalue weighted by Gasteiger charge is 2.30. The largest absolute Gasteiger partial charge is 0.487 e. The number of benzene rings is 3. The summed E-state index contributed by atoms with van der Waals surface area (Å²) in [6.45, 7) is 2.12. The first-order chi connectivity index (χ1) is 14.4. The maximum absolute atomic E-state index is 12.8. The molecule has 1 heterocycles. The molecule has 4 rings (SSSR count). The van der Waals surface area contributed by atoms with Crippen molar-refractivity contribution >= 4 is 28.4 Å². The van der Waals surface area contributed by atoms with Gasteiger partial charge >= 0.3 is 6.18 Å². The quantitative estimate of drug-likeness (QED) is 0.334. The van der Waals surface area contributed by atoms with E-state index in [-0.39, 0.29) is 6.61 Å². The van der Waals surface area contributed by atoms with Crippen LogP contribution < -0.4 is 4.74 Å². The molecular weight excluding hydrogens is 411 g/mol. The molecule has 0 aliphatic rings. The van der Waals surface area contributed by atoms with E-state index in [0.717, 1.165) is 39.8 Å². The van der Waals surface area contributed by atoms with Crippen LogP contribution in [0.1, 0.15) is 26.5 Å². The fraction of sp³-hybridized carbons (Fsp3) is 0.130. The summed E-state index contributed by atoms with van der Waals surface area (Å²) in [6, 6.07) is 16.0. The molecule has 0 N–H and O–H groups in total. The Balaban J connectivity index is 1.57. The zero-order valence-electron chi connectivity index (χ0n) is 15.9. The minimum atomic E-state index is -4.36. The van der Waals surface area contributed by atoms with E-state index in [4.69, 9.17) is 4.74 Å². The van der Waals surface area contributed by atoms with Gasteiger partial charge in [-0.25, -0.2) is 4.98 Å². The van der Waals surface area contributed by atoms with Crippen molar-refractivity contribution in [3.63, 3.8) is 0 Å². The Morgan fingerprint density at radius 3 is 2.37 bits per heavy atom. The second kappa shape index (κ2) is 7.91. The molecule has 0 saturated carbocycles. The number of halogens is 3. The summed E-state index contributed by atoms with van der Waals surface area (Å²) < 4.78 is 44.3. The highest BCUT2D eigenvalue weighted by Crippen LogP contribution is 2.34. The van der Waals surface area contributed by atoms with Gasteiger partial charge in [-0.2, -0.15) is 13.2 Å². The number of hydrogen-bond donors (Lipinski definition) is 0. The average molecular weight is 427 g/mol. The Bertz CT molecular complexity index is 1210. The van der Waals surface area contributed by atoms with E-state index < -0.39 is 11.7 Å². The molecule has 0 spiro atoms. The molecule has 0 saturated heterocycles. The van der Waals surface area contributed by atoms with Gasteiger partial charge in [-0.05, 0) is 36.6 Å². The third kappa shape index (κ3) is 3.93. The number of nitrogens with zero attached hydrogens (tertiary/aromatic N) is 1. The van der Waals surface area contributed by atoms with Crippen molar-refractivity contribution < 1.29 is 22.7 Å². The van der Waals surface area contributed by atoms with Crippen molar-refractivity contribution in [2.45, 2.75) is 19.7 Å². The summed E-state index contributed by atoms with van der Waals surface area (Å²) in [5, 5.41) is 2.30. The van der Waals surface area contributed by atoms with Gasteiger partial charge in [0.15, 0.2) is 6.29 Å². The highest BCUT2D eigenvalue weighted by atomic mass is 32.1. The van der Waals surface area contributed by atoms with E-state index in [1.54, 1.807) is 12.1 Å². The third-order valence-electron chi connectivity index (χ3n) is 4.76. The number of alkyl halides is 3. The Morgan fingerprint density at radius 1 is 1.00 bits per heavy atom. The SMILES string of the molecule is Cc1nc(-c2ccc(C(F)(F)F)cc2)sc1COc1ccc(C=O)c2ccccc12. The molecule has 3 nitrogen and oxygen atoms in total. The van der Waals surface area contributed by atoms with Crippen LogP contribution in [-0.4, -0.2) is 11.3 Å². The lowest BCUT2D eigenvalue weighted by Crippen LogP contribution is -2.03. The van der Waals surface area contributed by atoms with Gasteiger partial charge in [0, 0.05) is 16.5 Å². The van der Waals surface area contributed by atoms with Gasteiger partial charge in [0.25, 0.3) is 0 Å². The molecule has 7 heteroatoms. The number of ether oxygens (including phenoxy) is 1. The molecule has 30 heavy (non-hydrogen) atoms. The Morgan fingerprint density at radius 2 is 1.70 bits per heavy atom. The van der Waals surface area contributed by atoms with Crippen molar-refractivity contribution in [2.24, 2.45) is 0 Å². The fourth-order valence-corrected chi connectivity index (χ4v) is 4.13. The van der Waals surface area contributed by atoms with Crippen LogP contribution in [0.15, 0.2) is 60.7 Å². The Labute approximate surface area is 174 Å². The molecule has 3 aromatic carbocycles. The minimum Gasteiger partial charge on any atom is -0.487 e. The number of fused-ring (bicyclic) bond motifs is 1. The summed E-state index contributed by atoms with van der Waals surface area (Å²) in [7, 11) is 0. The van der Waals surface area contributed by atoms with Gasteiger partial charge in [0.2, 0.25) is 0 Å². The highest BCUT2D eigenvalue weighted by molar-refractivity contribution is 7.15. The first-order valence-corrected chi connectivity index (χ1v) is 9.92. The molecule has 0 unspecified atom stereocenters. The van der Waals surface area contributed by atoms with Gasteiger partial charge < -0.3 is 4.74 Å². The van der Waals surface area contributed by atoms with Gasteiger partial charge in [-0.3, -0.25) is 4.79 Å². The van der Waals surface area contributed by atoms with Crippen molar-refractivity contribution in [1.82, 2.24) is 4.98 Å². The molecule has 4 aromatic rings. The predicted octanol–water partition coefficient (Wildman–Crippen LogP) is 6.68. The lowest BCUT2D eigenvalue weighted by Gasteiger charge is -2.10. The normalized spacial score (nSPS) is 11.6. The number of aldehydes is 1. The number of carbonyl (C=O) groups is 1. The Hall–Kier alpha value is -3.19. The van der Waals surface area contributed by atoms with Gasteiger partial charge in [-0.15, -0.1) is 11.3 Å². The average Bonchev–Trinajstić information content (AvgIpc) is 3.12. The lowest BCUT2D eigenvalue weighted by atomic mass is 10.0. The van der Waals surface area contributed by atoms with Crippen molar-refractivity contribution in [1.29, 1.82) is 0 Å². The molecular formula is C23H16F3NO2S. The molecule has 0 aliphatic carbocycles. The van der Waals surface area contributed by atoms with E-state index in [9.17, 15) is 18.0 Å². The smallest absolute Gasteiger partial charge is 0.416 e. The summed E-state index contributed by atoms with van der Waals surface area (Å²) >= 11 is 1.38. The number of thiazole rings is 1. The van der Waals surface area contributed by atoms with E-state index in [1.165, 1.54) is 23.5 Å². The van der Waals surface area contributed by atoms with Crippen LogP contribution in [0.2, 0.25) is 0 Å². The number of aryl methyl sites for hydroxylation is 1. The van der Waals surface area contributed by atoms with E-state index >= 15 is 0 Å². The summed E-state index contributed by atoms with van der Waals surface area (Å²) in [5.41, 5.74) is 1.30. The molecule has 0 amide bonds. The van der Waals surface area contributed by atoms with Crippen LogP contribution in [0, 0.1) is 6.92 Å². The summed E-state index contributed by atoms with van der Waals surface area (Å²) in [6.07, 6.45) is -3.55. The summed E-state index contributed by atoms with van der Waals surface area (Å²) in [4.78, 5) is 16.6. The van der Waals surface area contributed by atoms with Crippen LogP contribution in [0.3, 0.4) is 0 Å². The van der Waals surface area contributed by atoms with E-state index in [0.29, 0.717) is 21.9 Å². The van der Waals surface area contributed by atoms with Crippen LogP contribution in [0.4, 0.5) is 13.2 Å². The topological polar surface area (TPSA) is 39.2 Å². The molecule has 0 radical (unpaired) electrons. The van der Waals surface area contributed by atoms with Crippen molar-refractivity contribution in [2.75, 3.05) is 0 Å². The molecule has 1 aromatic heterocycles. The standard InChI is InChI=1S/C23H16F3NO2S/c1-14-21(30-22(27-14)15-6-9-17(10-7-15)23(24,25)26)13-29-20-11-8-16(12-28)18-4-2-3-5-19(18)20/h2-12H,13H2,1H3. The first-order valence-electron chi connectivity index (χ1n) is 9.10. The number of aromatic nitrogens is 1. The van der Waals surface area contributed by atoms with Gasteiger partial charge in [0.1, 0.15) is 17.4 Å². The van der Waals surface area contributed by atoms with Crippen LogP contribution in [0.5, 0.6) is 5.75 Å². The van der Waals surface area contributed by atoms with Crippen LogP contribution in [-0.2, 0) is 12.8 Å². The van der Waals surface area contributed by atoms with Crippen molar-refractivity contribution in [3.05, 3.63) is 82.4 Å². The second-order valence-electron chi connectivity index (χ2n) is 6.71. The number of carbonyl (C=O) groups excluding carboxylic acids is 1. The molecule has 0 fully saturated rings. The number of hydrogen-bond acceptors (Lipinski definition) is 4. The zero-order chi connectivity index (χ0) is 21.3. The minimum absolute atomic E-state index is 0.272. The fourth-order valence-electron chi connectivity index (χ4n) is 3.15. The van der Waals surface area contributed by atoms with Gasteiger partial charge in [0.05, 0.1) is 16.1 Å². The van der Waals surface area contributed by atoms with Crippen LogP contribution in [0.25, 0.3) is 21.3 Å². The maximum atomic E-state index is 12.8. The number of rotatable bonds is 5.